The molecule has 0 aliphatic carbocycles. The summed E-state index contributed by atoms with van der Waals surface area (Å²) in [5, 5.41) is 4.52. The Labute approximate surface area is 99.6 Å². The lowest BCUT2D eigenvalue weighted by Crippen LogP contribution is -2.12. The number of ether oxygens (including phenoxy) is 1. The minimum atomic E-state index is 0.617. The summed E-state index contributed by atoms with van der Waals surface area (Å²) in [6, 6.07) is 0. The van der Waals surface area contributed by atoms with Gasteiger partial charge in [-0.15, -0.1) is 11.3 Å². The Morgan fingerprint density at radius 2 is 2.33 bits per heavy atom. The van der Waals surface area contributed by atoms with Crippen molar-refractivity contribution in [2.45, 2.75) is 25.8 Å². The molecule has 0 unspecified atom stereocenters. The van der Waals surface area contributed by atoms with Gasteiger partial charge in [0.2, 0.25) is 0 Å². The molecule has 1 heterocycles. The van der Waals surface area contributed by atoms with E-state index >= 15 is 0 Å². The molecule has 5 heteroatoms. The highest BCUT2D eigenvalue weighted by Gasteiger charge is 2.09. The molecule has 0 spiro atoms. The van der Waals surface area contributed by atoms with Gasteiger partial charge >= 0.3 is 0 Å². The van der Waals surface area contributed by atoms with E-state index in [1.54, 1.807) is 30.2 Å². The highest BCUT2D eigenvalue weighted by atomic mass is 32.2. The van der Waals surface area contributed by atoms with E-state index in [0.29, 0.717) is 6.61 Å². The molecule has 0 fully saturated rings. The molecule has 0 aliphatic heterocycles. The van der Waals surface area contributed by atoms with Gasteiger partial charge in [-0.25, -0.2) is 4.98 Å². The van der Waals surface area contributed by atoms with Crippen molar-refractivity contribution in [3.63, 3.8) is 0 Å². The number of nitrogens with one attached hydrogen (secondary N) is 1. The van der Waals surface area contributed by atoms with Gasteiger partial charge in [0.25, 0.3) is 0 Å². The number of methoxy groups -OCH3 is 1. The second-order valence-electron chi connectivity index (χ2n) is 3.12. The van der Waals surface area contributed by atoms with Crippen LogP contribution in [0.1, 0.15) is 22.5 Å². The van der Waals surface area contributed by atoms with Crippen LogP contribution in [0.3, 0.4) is 0 Å². The molecule has 0 atom stereocenters. The summed E-state index contributed by atoms with van der Waals surface area (Å²) in [6.45, 7) is 4.62. The highest BCUT2D eigenvalue weighted by Crippen LogP contribution is 2.22. The monoisotopic (exact) mass is 246 g/mol. The maximum Gasteiger partial charge on any atom is 0.103 e. The largest absolute Gasteiger partial charge is 0.378 e. The number of hydrogen-bond donors (Lipinski definition) is 1. The Kier molecular flexibility index (Phi) is 6.24. The SMILES string of the molecule is CCNCc1sc(CSC)nc1COC. The van der Waals surface area contributed by atoms with Crippen LogP contribution in [0.4, 0.5) is 0 Å². The minimum Gasteiger partial charge on any atom is -0.378 e. The van der Waals surface area contributed by atoms with Crippen LogP contribution >= 0.6 is 23.1 Å². The molecule has 0 aromatic carbocycles. The molecular formula is C10H18N2OS2. The molecule has 0 saturated carbocycles. The normalized spacial score (nSPS) is 10.9. The molecule has 0 amide bonds. The van der Waals surface area contributed by atoms with Crippen LogP contribution in [-0.4, -0.2) is 24.9 Å². The summed E-state index contributed by atoms with van der Waals surface area (Å²) < 4.78 is 5.15. The lowest BCUT2D eigenvalue weighted by Gasteiger charge is -2.00. The van der Waals surface area contributed by atoms with E-state index in [-0.39, 0.29) is 0 Å². The fourth-order valence-electron chi connectivity index (χ4n) is 1.25. The Bertz CT molecular complexity index is 289. The average molecular weight is 246 g/mol. The van der Waals surface area contributed by atoms with E-state index in [1.807, 2.05) is 0 Å². The molecular weight excluding hydrogens is 228 g/mol. The molecule has 0 saturated heterocycles. The van der Waals surface area contributed by atoms with E-state index in [2.05, 4.69) is 23.5 Å². The van der Waals surface area contributed by atoms with Crippen LogP contribution in [-0.2, 0) is 23.6 Å². The Balaban J connectivity index is 2.70. The number of rotatable bonds is 7. The van der Waals surface area contributed by atoms with Crippen LogP contribution in [0.15, 0.2) is 0 Å². The van der Waals surface area contributed by atoms with Crippen LogP contribution < -0.4 is 5.32 Å². The zero-order valence-corrected chi connectivity index (χ0v) is 11.1. The molecule has 1 N–H and O–H groups in total. The van der Waals surface area contributed by atoms with Gasteiger partial charge in [-0.3, -0.25) is 0 Å². The van der Waals surface area contributed by atoms with Gasteiger partial charge < -0.3 is 10.1 Å². The third kappa shape index (κ3) is 4.10. The summed E-state index contributed by atoms with van der Waals surface area (Å²) in [5.41, 5.74) is 1.09. The van der Waals surface area contributed by atoms with Crippen LogP contribution in [0.25, 0.3) is 0 Å². The molecule has 1 aromatic heterocycles. The lowest BCUT2D eigenvalue weighted by atomic mass is 10.3. The number of thiazole rings is 1. The van der Waals surface area contributed by atoms with Crippen LogP contribution in [0.2, 0.25) is 0 Å². The third-order valence-electron chi connectivity index (χ3n) is 1.91. The zero-order chi connectivity index (χ0) is 11.1. The van der Waals surface area contributed by atoms with E-state index in [1.165, 1.54) is 9.88 Å². The van der Waals surface area contributed by atoms with E-state index in [9.17, 15) is 0 Å². The topological polar surface area (TPSA) is 34.2 Å². The molecule has 86 valence electrons. The Hall–Kier alpha value is -0.100. The summed E-state index contributed by atoms with van der Waals surface area (Å²) in [5.74, 6) is 0.994. The molecule has 0 bridgehead atoms. The third-order valence-corrected chi connectivity index (χ3v) is 3.75. The van der Waals surface area contributed by atoms with E-state index in [0.717, 1.165) is 24.5 Å². The molecule has 1 rings (SSSR count). The molecule has 1 aromatic rings. The fraction of sp³-hybridized carbons (Fsp3) is 0.700. The van der Waals surface area contributed by atoms with Crippen molar-refractivity contribution in [3.8, 4) is 0 Å². The van der Waals surface area contributed by atoms with Crippen LogP contribution in [0, 0.1) is 0 Å². The predicted molar refractivity (Wildman–Crippen MR) is 67.4 cm³/mol. The van der Waals surface area contributed by atoms with Crippen molar-refractivity contribution >= 4 is 23.1 Å². The average Bonchev–Trinajstić information content (AvgIpc) is 2.59. The first-order valence-corrected chi connectivity index (χ1v) is 7.18. The maximum absolute atomic E-state index is 5.15. The number of nitrogens with zero attached hydrogens (tertiary/aromatic N) is 1. The van der Waals surface area contributed by atoms with Gasteiger partial charge in [-0.1, -0.05) is 6.92 Å². The second kappa shape index (κ2) is 7.22. The number of hydrogen-bond acceptors (Lipinski definition) is 5. The summed E-state index contributed by atoms with van der Waals surface area (Å²) in [7, 11) is 1.71. The van der Waals surface area contributed by atoms with Gasteiger partial charge in [0.05, 0.1) is 12.3 Å². The maximum atomic E-state index is 5.15. The first-order valence-electron chi connectivity index (χ1n) is 4.97. The van der Waals surface area contributed by atoms with E-state index < -0.39 is 0 Å². The summed E-state index contributed by atoms with van der Waals surface area (Å²) in [6.07, 6.45) is 2.10. The van der Waals surface area contributed by atoms with Crippen LogP contribution in [0.5, 0.6) is 0 Å². The van der Waals surface area contributed by atoms with Crippen molar-refractivity contribution in [2.75, 3.05) is 19.9 Å². The molecule has 0 aliphatic rings. The lowest BCUT2D eigenvalue weighted by molar-refractivity contribution is 0.181. The fourth-order valence-corrected chi connectivity index (χ4v) is 2.99. The van der Waals surface area contributed by atoms with Gasteiger partial charge in [-0.05, 0) is 12.8 Å². The Morgan fingerprint density at radius 1 is 1.53 bits per heavy atom. The standard InChI is InChI=1S/C10H18N2OS2/c1-4-11-5-9-8(6-13-2)12-10(15-9)7-14-3/h11H,4-7H2,1-3H3. The van der Waals surface area contributed by atoms with Gasteiger partial charge in [0.15, 0.2) is 0 Å². The number of thioether (sulfide) groups is 1. The van der Waals surface area contributed by atoms with Crippen molar-refractivity contribution in [1.29, 1.82) is 0 Å². The Morgan fingerprint density at radius 3 is 2.93 bits per heavy atom. The summed E-state index contributed by atoms with van der Waals surface area (Å²) in [4.78, 5) is 5.88. The van der Waals surface area contributed by atoms with Gasteiger partial charge in [0, 0.05) is 24.3 Å². The molecule has 0 radical (unpaired) electrons. The number of aromatic nitrogens is 1. The minimum absolute atomic E-state index is 0.617. The molecule has 3 nitrogen and oxygen atoms in total. The van der Waals surface area contributed by atoms with Crippen molar-refractivity contribution < 1.29 is 4.74 Å². The zero-order valence-electron chi connectivity index (χ0n) is 9.50. The first-order chi connectivity index (χ1) is 7.31. The van der Waals surface area contributed by atoms with Crippen molar-refractivity contribution in [3.05, 3.63) is 15.6 Å². The highest BCUT2D eigenvalue weighted by molar-refractivity contribution is 7.97. The van der Waals surface area contributed by atoms with Crippen molar-refractivity contribution in [1.82, 2.24) is 10.3 Å². The molecule has 15 heavy (non-hydrogen) atoms. The van der Waals surface area contributed by atoms with Crippen molar-refractivity contribution in [2.24, 2.45) is 0 Å². The van der Waals surface area contributed by atoms with E-state index in [4.69, 9.17) is 4.74 Å². The summed E-state index contributed by atoms with van der Waals surface area (Å²) >= 11 is 3.59. The quantitative estimate of drug-likeness (QED) is 0.800. The first kappa shape index (κ1) is 13.0. The van der Waals surface area contributed by atoms with Gasteiger partial charge in [0.1, 0.15) is 5.01 Å². The smallest absolute Gasteiger partial charge is 0.103 e. The second-order valence-corrected chi connectivity index (χ2v) is 5.16. The van der Waals surface area contributed by atoms with Gasteiger partial charge in [-0.2, -0.15) is 11.8 Å². The predicted octanol–water partition coefficient (Wildman–Crippen LogP) is 2.26.